The van der Waals surface area contributed by atoms with Crippen molar-refractivity contribution in [2.45, 2.75) is 194 Å². The molecule has 0 aromatic rings. The van der Waals surface area contributed by atoms with Gasteiger partial charge in [0, 0.05) is 13.0 Å². The molecule has 262 valence electrons. The maximum absolute atomic E-state index is 11.9. The first-order valence-electron chi connectivity index (χ1n) is 19.4. The van der Waals surface area contributed by atoms with Crippen LogP contribution in [0.25, 0.3) is 0 Å². The van der Waals surface area contributed by atoms with Crippen molar-refractivity contribution in [3.63, 3.8) is 0 Å². The monoisotopic (exact) mass is 625 g/mol. The molecule has 0 aliphatic heterocycles. The third kappa shape index (κ3) is 37.0. The van der Waals surface area contributed by atoms with Gasteiger partial charge in [-0.2, -0.15) is 0 Å². The van der Waals surface area contributed by atoms with Crippen LogP contribution < -0.4 is 10.6 Å². The summed E-state index contributed by atoms with van der Waals surface area (Å²) in [4.78, 5) is 23.8. The first-order chi connectivity index (χ1) is 21.7. The summed E-state index contributed by atoms with van der Waals surface area (Å²) in [7, 11) is 0. The highest BCUT2D eigenvalue weighted by Crippen LogP contribution is 2.12. The Kier molecular flexibility index (Phi) is 37.1. The van der Waals surface area contributed by atoms with Gasteiger partial charge in [-0.05, 0) is 58.2 Å². The molecular formula is C38H76N2O4. The van der Waals surface area contributed by atoms with Crippen LogP contribution in [0.1, 0.15) is 194 Å². The lowest BCUT2D eigenvalue weighted by Gasteiger charge is -2.07. The Labute approximate surface area is 274 Å². The molecule has 0 unspecified atom stereocenters. The van der Waals surface area contributed by atoms with Crippen LogP contribution >= 0.6 is 0 Å². The standard InChI is InChI=1S/C38H76N2O4/c1-3-5-7-9-11-13-15-17-19-27-35-43-37(41)29-23-21-24-31-39-32-25-22-26-33-40-34-30-38(42)44-36-28-20-18-16-14-12-10-8-6-4-2/h39-40H,3-36H2,1-2H3. The van der Waals surface area contributed by atoms with E-state index in [2.05, 4.69) is 24.5 Å². The zero-order chi connectivity index (χ0) is 32.0. The number of unbranched alkanes of at least 4 members (excludes halogenated alkanes) is 22. The van der Waals surface area contributed by atoms with Gasteiger partial charge < -0.3 is 20.1 Å². The molecule has 0 amide bonds. The molecule has 0 radical (unpaired) electrons. The van der Waals surface area contributed by atoms with E-state index in [-0.39, 0.29) is 11.9 Å². The maximum atomic E-state index is 11.9. The molecule has 44 heavy (non-hydrogen) atoms. The second-order valence-corrected chi connectivity index (χ2v) is 12.9. The largest absolute Gasteiger partial charge is 0.466 e. The fraction of sp³-hybridized carbons (Fsp3) is 0.947. The summed E-state index contributed by atoms with van der Waals surface area (Å²) in [5, 5.41) is 6.88. The highest BCUT2D eigenvalue weighted by molar-refractivity contribution is 5.69. The van der Waals surface area contributed by atoms with Gasteiger partial charge in [0.25, 0.3) is 0 Å². The summed E-state index contributed by atoms with van der Waals surface area (Å²) < 4.78 is 10.8. The predicted molar refractivity (Wildman–Crippen MR) is 188 cm³/mol. The number of carbonyl (C=O) groups is 2. The molecule has 0 saturated carbocycles. The molecular weight excluding hydrogens is 548 g/mol. The first-order valence-corrected chi connectivity index (χ1v) is 19.4. The SMILES string of the molecule is CCCCCCCCCCCCOC(=O)CCCCCNCCCCCNCCC(=O)OCCCCCCCCCCCC. The van der Waals surface area contributed by atoms with Crippen molar-refractivity contribution < 1.29 is 19.1 Å². The smallest absolute Gasteiger partial charge is 0.307 e. The number of esters is 2. The van der Waals surface area contributed by atoms with Crippen molar-refractivity contribution in [3.8, 4) is 0 Å². The molecule has 0 aliphatic rings. The minimum atomic E-state index is -0.0705. The highest BCUT2D eigenvalue weighted by atomic mass is 16.5. The van der Waals surface area contributed by atoms with E-state index in [1.807, 2.05) is 0 Å². The summed E-state index contributed by atoms with van der Waals surface area (Å²) in [5.41, 5.74) is 0. The summed E-state index contributed by atoms with van der Waals surface area (Å²) in [6.07, 6.45) is 33.6. The van der Waals surface area contributed by atoms with Crippen molar-refractivity contribution >= 4 is 11.9 Å². The third-order valence-corrected chi connectivity index (χ3v) is 8.47. The van der Waals surface area contributed by atoms with Gasteiger partial charge in [0.1, 0.15) is 0 Å². The Bertz CT molecular complexity index is 537. The Morgan fingerprint density at radius 2 is 0.682 bits per heavy atom. The Balaban J connectivity index is 3.21. The predicted octanol–water partition coefficient (Wildman–Crippen LogP) is 10.2. The van der Waals surface area contributed by atoms with Crippen molar-refractivity contribution in [2.24, 2.45) is 0 Å². The van der Waals surface area contributed by atoms with Gasteiger partial charge in [0.15, 0.2) is 0 Å². The molecule has 0 aliphatic carbocycles. The van der Waals surface area contributed by atoms with E-state index in [1.165, 1.54) is 128 Å². The number of carbonyl (C=O) groups excluding carboxylic acids is 2. The second-order valence-electron chi connectivity index (χ2n) is 12.9. The molecule has 0 atom stereocenters. The second kappa shape index (κ2) is 38.0. The van der Waals surface area contributed by atoms with Crippen molar-refractivity contribution in [1.29, 1.82) is 0 Å². The summed E-state index contributed by atoms with van der Waals surface area (Å²) in [6, 6.07) is 0. The molecule has 0 saturated heterocycles. The molecule has 0 aromatic carbocycles. The van der Waals surface area contributed by atoms with Gasteiger partial charge in [-0.25, -0.2) is 0 Å². The fourth-order valence-corrected chi connectivity index (χ4v) is 5.51. The third-order valence-electron chi connectivity index (χ3n) is 8.47. The summed E-state index contributed by atoms with van der Waals surface area (Å²) >= 11 is 0. The number of rotatable bonds is 37. The normalized spacial score (nSPS) is 11.2. The van der Waals surface area contributed by atoms with E-state index in [4.69, 9.17) is 9.47 Å². The molecule has 0 rings (SSSR count). The van der Waals surface area contributed by atoms with Crippen molar-refractivity contribution in [3.05, 3.63) is 0 Å². The number of ether oxygens (including phenoxy) is 2. The maximum Gasteiger partial charge on any atom is 0.307 e. The van der Waals surface area contributed by atoms with Crippen LogP contribution in [0.5, 0.6) is 0 Å². The number of nitrogens with one attached hydrogen (secondary N) is 2. The molecule has 0 bridgehead atoms. The van der Waals surface area contributed by atoms with Gasteiger partial charge in [0.2, 0.25) is 0 Å². The van der Waals surface area contributed by atoms with Gasteiger partial charge in [-0.1, -0.05) is 142 Å². The van der Waals surface area contributed by atoms with Crippen LogP contribution in [-0.4, -0.2) is 51.3 Å². The lowest BCUT2D eigenvalue weighted by molar-refractivity contribution is -0.144. The van der Waals surface area contributed by atoms with E-state index in [0.717, 1.165) is 58.2 Å². The molecule has 2 N–H and O–H groups in total. The number of hydrogen-bond donors (Lipinski definition) is 2. The molecule has 0 spiro atoms. The Hall–Kier alpha value is -1.14. The lowest BCUT2D eigenvalue weighted by Crippen LogP contribution is -2.21. The minimum absolute atomic E-state index is 0.0243. The highest BCUT2D eigenvalue weighted by Gasteiger charge is 2.04. The van der Waals surface area contributed by atoms with E-state index in [0.29, 0.717) is 32.6 Å². The van der Waals surface area contributed by atoms with E-state index < -0.39 is 0 Å². The topological polar surface area (TPSA) is 76.7 Å². The van der Waals surface area contributed by atoms with Crippen LogP contribution in [0.3, 0.4) is 0 Å². The fourth-order valence-electron chi connectivity index (χ4n) is 5.51. The van der Waals surface area contributed by atoms with E-state index >= 15 is 0 Å². The first kappa shape index (κ1) is 42.9. The zero-order valence-corrected chi connectivity index (χ0v) is 29.7. The quantitative estimate of drug-likeness (QED) is 0.0529. The zero-order valence-electron chi connectivity index (χ0n) is 29.7. The summed E-state index contributed by atoms with van der Waals surface area (Å²) in [5.74, 6) is -0.0948. The van der Waals surface area contributed by atoms with Gasteiger partial charge in [-0.3, -0.25) is 9.59 Å². The van der Waals surface area contributed by atoms with E-state index in [9.17, 15) is 9.59 Å². The van der Waals surface area contributed by atoms with Gasteiger partial charge in [-0.15, -0.1) is 0 Å². The number of hydrogen-bond acceptors (Lipinski definition) is 6. The van der Waals surface area contributed by atoms with Gasteiger partial charge in [0.05, 0.1) is 19.6 Å². The molecule has 6 heteroatoms. The average molecular weight is 625 g/mol. The molecule has 0 aromatic heterocycles. The summed E-state index contributed by atoms with van der Waals surface area (Å²) in [6.45, 7) is 9.44. The Morgan fingerprint density at radius 1 is 0.364 bits per heavy atom. The van der Waals surface area contributed by atoms with Crippen molar-refractivity contribution in [2.75, 3.05) is 39.4 Å². The van der Waals surface area contributed by atoms with Crippen LogP contribution in [0.2, 0.25) is 0 Å². The van der Waals surface area contributed by atoms with Gasteiger partial charge >= 0.3 is 11.9 Å². The van der Waals surface area contributed by atoms with Crippen molar-refractivity contribution in [1.82, 2.24) is 10.6 Å². The molecule has 0 fully saturated rings. The van der Waals surface area contributed by atoms with Crippen LogP contribution in [-0.2, 0) is 19.1 Å². The Morgan fingerprint density at radius 3 is 1.11 bits per heavy atom. The lowest BCUT2D eigenvalue weighted by atomic mass is 10.1. The minimum Gasteiger partial charge on any atom is -0.466 e. The van der Waals surface area contributed by atoms with E-state index in [1.54, 1.807) is 0 Å². The van der Waals surface area contributed by atoms with Crippen LogP contribution in [0.4, 0.5) is 0 Å². The molecule has 0 heterocycles. The van der Waals surface area contributed by atoms with Crippen LogP contribution in [0.15, 0.2) is 0 Å². The average Bonchev–Trinajstić information content (AvgIpc) is 3.02. The van der Waals surface area contributed by atoms with Crippen LogP contribution in [0, 0.1) is 0 Å². The molecule has 6 nitrogen and oxygen atoms in total.